The molecule has 0 aliphatic rings. The second-order valence-electron chi connectivity index (χ2n) is 4.29. The van der Waals surface area contributed by atoms with Crippen LogP contribution in [-0.4, -0.2) is 23.6 Å². The smallest absolute Gasteiger partial charge is 0.132 e. The van der Waals surface area contributed by atoms with Gasteiger partial charge in [0.1, 0.15) is 11.6 Å². The average molecular weight is 262 g/mol. The van der Waals surface area contributed by atoms with Crippen LogP contribution in [0, 0.1) is 6.92 Å². The van der Waals surface area contributed by atoms with Gasteiger partial charge in [0.2, 0.25) is 0 Å². The number of anilines is 1. The predicted octanol–water partition coefficient (Wildman–Crippen LogP) is 1.98. The zero-order valence-corrected chi connectivity index (χ0v) is 11.6. The molecule has 0 fully saturated rings. The van der Waals surface area contributed by atoms with E-state index in [1.165, 1.54) is 5.56 Å². The highest BCUT2D eigenvalue weighted by atomic mass is 32.1. The molecule has 0 amide bonds. The molecule has 2 aromatic heterocycles. The molecule has 0 aliphatic carbocycles. The summed E-state index contributed by atoms with van der Waals surface area (Å²) in [4.78, 5) is 11.0. The summed E-state index contributed by atoms with van der Waals surface area (Å²) in [6.07, 6.45) is 0.794. The number of aryl methyl sites for hydroxylation is 1. The van der Waals surface area contributed by atoms with E-state index in [9.17, 15) is 0 Å². The number of thiophene rings is 1. The number of hydrogen-bond acceptors (Lipinski definition) is 5. The second-order valence-corrected chi connectivity index (χ2v) is 5.07. The Labute approximate surface area is 111 Å². The second kappa shape index (κ2) is 5.93. The van der Waals surface area contributed by atoms with E-state index in [0.717, 1.165) is 30.3 Å². The molecule has 18 heavy (non-hydrogen) atoms. The quantitative estimate of drug-likeness (QED) is 0.895. The molecule has 0 bridgehead atoms. The van der Waals surface area contributed by atoms with Crippen molar-refractivity contribution in [3.05, 3.63) is 40.0 Å². The van der Waals surface area contributed by atoms with Crippen molar-refractivity contribution < 1.29 is 0 Å². The first-order chi connectivity index (χ1) is 8.69. The van der Waals surface area contributed by atoms with Crippen LogP contribution in [0.15, 0.2) is 22.9 Å². The van der Waals surface area contributed by atoms with Gasteiger partial charge in [0.15, 0.2) is 0 Å². The first kappa shape index (κ1) is 13.0. The molecule has 2 rings (SSSR count). The van der Waals surface area contributed by atoms with Gasteiger partial charge in [-0.05, 0) is 35.9 Å². The molecule has 0 unspecified atom stereocenters. The number of hydrogen-bond donors (Lipinski definition) is 1. The van der Waals surface area contributed by atoms with Gasteiger partial charge in [0.25, 0.3) is 0 Å². The van der Waals surface area contributed by atoms with Crippen LogP contribution >= 0.6 is 11.3 Å². The van der Waals surface area contributed by atoms with Crippen LogP contribution in [-0.2, 0) is 13.0 Å². The molecular formula is C13H18N4S. The summed E-state index contributed by atoms with van der Waals surface area (Å²) >= 11 is 1.72. The van der Waals surface area contributed by atoms with E-state index >= 15 is 0 Å². The summed E-state index contributed by atoms with van der Waals surface area (Å²) in [5.41, 5.74) is 7.89. The first-order valence-electron chi connectivity index (χ1n) is 5.96. The van der Waals surface area contributed by atoms with Gasteiger partial charge >= 0.3 is 0 Å². The molecule has 0 saturated heterocycles. The summed E-state index contributed by atoms with van der Waals surface area (Å²) in [5.74, 6) is 1.75. The Morgan fingerprint density at radius 1 is 1.39 bits per heavy atom. The van der Waals surface area contributed by atoms with Crippen molar-refractivity contribution >= 4 is 17.2 Å². The van der Waals surface area contributed by atoms with E-state index in [1.807, 2.05) is 20.0 Å². The highest BCUT2D eigenvalue weighted by molar-refractivity contribution is 7.07. The highest BCUT2D eigenvalue weighted by Crippen LogP contribution is 2.16. The molecule has 0 aromatic carbocycles. The Morgan fingerprint density at radius 3 is 2.89 bits per heavy atom. The van der Waals surface area contributed by atoms with Crippen molar-refractivity contribution in [2.75, 3.05) is 18.5 Å². The molecule has 0 spiro atoms. The van der Waals surface area contributed by atoms with E-state index in [2.05, 4.69) is 31.7 Å². The molecule has 0 radical (unpaired) electrons. The molecule has 2 aromatic rings. The van der Waals surface area contributed by atoms with E-state index in [4.69, 9.17) is 5.73 Å². The van der Waals surface area contributed by atoms with Crippen molar-refractivity contribution in [3.8, 4) is 0 Å². The van der Waals surface area contributed by atoms with Gasteiger partial charge in [-0.15, -0.1) is 0 Å². The Kier molecular flexibility index (Phi) is 4.28. The normalized spacial score (nSPS) is 10.6. The topological polar surface area (TPSA) is 55.0 Å². The lowest BCUT2D eigenvalue weighted by atomic mass is 10.2. The van der Waals surface area contributed by atoms with Gasteiger partial charge in [-0.3, -0.25) is 0 Å². The summed E-state index contributed by atoms with van der Waals surface area (Å²) < 4.78 is 0. The first-order valence-corrected chi connectivity index (χ1v) is 6.90. The van der Waals surface area contributed by atoms with Crippen LogP contribution in [0.5, 0.6) is 0 Å². The Balaban J connectivity index is 2.16. The van der Waals surface area contributed by atoms with Crippen molar-refractivity contribution in [1.82, 2.24) is 9.97 Å². The molecule has 96 valence electrons. The molecule has 2 heterocycles. The Bertz CT molecular complexity index is 496. The third-order valence-corrected chi connectivity index (χ3v) is 3.40. The monoisotopic (exact) mass is 262 g/mol. The molecule has 2 N–H and O–H groups in total. The van der Waals surface area contributed by atoms with E-state index in [1.54, 1.807) is 11.3 Å². The SMILES string of the molecule is Cc1nc(CCN)cc(N(C)Cc2ccsc2)n1. The van der Waals surface area contributed by atoms with Crippen molar-refractivity contribution in [1.29, 1.82) is 0 Å². The standard InChI is InChI=1S/C13H18N4S/c1-10-15-12(3-5-14)7-13(16-10)17(2)8-11-4-6-18-9-11/h4,6-7,9H,3,5,8,14H2,1-2H3. The van der Waals surface area contributed by atoms with Gasteiger partial charge in [-0.1, -0.05) is 0 Å². The average Bonchev–Trinajstić information content (AvgIpc) is 2.81. The van der Waals surface area contributed by atoms with E-state index in [-0.39, 0.29) is 0 Å². The molecule has 4 nitrogen and oxygen atoms in total. The minimum absolute atomic E-state index is 0.615. The lowest BCUT2D eigenvalue weighted by Crippen LogP contribution is -2.19. The maximum atomic E-state index is 5.57. The number of nitrogens with zero attached hydrogens (tertiary/aromatic N) is 3. The van der Waals surface area contributed by atoms with E-state index in [0.29, 0.717) is 6.54 Å². The van der Waals surface area contributed by atoms with Gasteiger partial charge in [0, 0.05) is 31.8 Å². The molecular weight excluding hydrogens is 244 g/mol. The van der Waals surface area contributed by atoms with Gasteiger partial charge < -0.3 is 10.6 Å². The van der Waals surface area contributed by atoms with Gasteiger partial charge in [-0.25, -0.2) is 9.97 Å². The van der Waals surface area contributed by atoms with Crippen LogP contribution in [0.25, 0.3) is 0 Å². The maximum absolute atomic E-state index is 5.57. The lowest BCUT2D eigenvalue weighted by molar-refractivity contribution is 0.846. The molecule has 0 atom stereocenters. The molecule has 5 heteroatoms. The number of nitrogens with two attached hydrogens (primary N) is 1. The Morgan fingerprint density at radius 2 is 2.22 bits per heavy atom. The summed E-state index contributed by atoms with van der Waals surface area (Å²) in [5, 5.41) is 4.25. The van der Waals surface area contributed by atoms with E-state index < -0.39 is 0 Å². The Hall–Kier alpha value is -1.46. The number of aromatic nitrogens is 2. The highest BCUT2D eigenvalue weighted by Gasteiger charge is 2.07. The van der Waals surface area contributed by atoms with Crippen LogP contribution < -0.4 is 10.6 Å². The summed E-state index contributed by atoms with van der Waals surface area (Å²) in [6.45, 7) is 3.40. The van der Waals surface area contributed by atoms with Crippen molar-refractivity contribution in [2.24, 2.45) is 5.73 Å². The summed E-state index contributed by atoms with van der Waals surface area (Å²) in [7, 11) is 2.05. The summed E-state index contributed by atoms with van der Waals surface area (Å²) in [6, 6.07) is 4.15. The largest absolute Gasteiger partial charge is 0.355 e. The predicted molar refractivity (Wildman–Crippen MR) is 76.0 cm³/mol. The van der Waals surface area contributed by atoms with Crippen LogP contribution in [0.4, 0.5) is 5.82 Å². The lowest BCUT2D eigenvalue weighted by Gasteiger charge is -2.18. The fourth-order valence-electron chi connectivity index (χ4n) is 1.82. The van der Waals surface area contributed by atoms with Crippen molar-refractivity contribution in [2.45, 2.75) is 19.9 Å². The fraction of sp³-hybridized carbons (Fsp3) is 0.385. The minimum atomic E-state index is 0.615. The maximum Gasteiger partial charge on any atom is 0.132 e. The van der Waals surface area contributed by atoms with Gasteiger partial charge in [0.05, 0.1) is 0 Å². The van der Waals surface area contributed by atoms with Gasteiger partial charge in [-0.2, -0.15) is 11.3 Å². The zero-order chi connectivity index (χ0) is 13.0. The fourth-order valence-corrected chi connectivity index (χ4v) is 2.48. The molecule has 0 aliphatic heterocycles. The number of rotatable bonds is 5. The van der Waals surface area contributed by atoms with Crippen LogP contribution in [0.2, 0.25) is 0 Å². The third-order valence-electron chi connectivity index (χ3n) is 2.67. The van der Waals surface area contributed by atoms with Crippen LogP contribution in [0.3, 0.4) is 0 Å². The zero-order valence-electron chi connectivity index (χ0n) is 10.8. The van der Waals surface area contributed by atoms with Crippen LogP contribution in [0.1, 0.15) is 17.1 Å². The van der Waals surface area contributed by atoms with Crippen molar-refractivity contribution in [3.63, 3.8) is 0 Å². The third kappa shape index (κ3) is 3.27. The molecule has 0 saturated carbocycles. The minimum Gasteiger partial charge on any atom is -0.355 e.